The SMILES string of the molecule is CC[N+](CC)(CCNC(=O)C(=O)NCC[N+](CC)(CC)Cc1ccccc1Cl)Cc1ccccc1Cl.O=C1CC[C@@H](C(=O)[O-])N1.O=C1CC[C@@H](C(=O)[O-])N1. The molecule has 14 nitrogen and oxygen atoms in total. The van der Waals surface area contributed by atoms with Crippen molar-refractivity contribution in [2.24, 2.45) is 0 Å². The summed E-state index contributed by atoms with van der Waals surface area (Å²) in [6, 6.07) is 14.2. The Morgan fingerprint density at radius 2 is 0.981 bits per heavy atom. The Morgan fingerprint density at radius 3 is 1.22 bits per heavy atom. The predicted molar refractivity (Wildman–Crippen MR) is 201 cm³/mol. The number of carboxylic acid groups (broad SMARTS) is 2. The van der Waals surface area contributed by atoms with Crippen LogP contribution in [-0.4, -0.2) is 109 Å². The maximum Gasteiger partial charge on any atom is 0.309 e. The summed E-state index contributed by atoms with van der Waals surface area (Å²) in [5, 5.41) is 31.7. The summed E-state index contributed by atoms with van der Waals surface area (Å²) in [4.78, 5) is 65.7. The largest absolute Gasteiger partial charge is 0.548 e. The normalized spacial score (nSPS) is 16.5. The molecule has 2 aliphatic rings. The molecular formula is C38H54Cl2N6O8. The molecule has 0 spiro atoms. The molecule has 16 heteroatoms. The van der Waals surface area contributed by atoms with Crippen molar-refractivity contribution in [2.75, 3.05) is 52.4 Å². The van der Waals surface area contributed by atoms with E-state index >= 15 is 0 Å². The van der Waals surface area contributed by atoms with Crippen LogP contribution in [-0.2, 0) is 41.9 Å². The summed E-state index contributed by atoms with van der Waals surface area (Å²) in [7, 11) is 0. The topological polar surface area (TPSA) is 197 Å². The quantitative estimate of drug-likeness (QED) is 0.141. The van der Waals surface area contributed by atoms with Gasteiger partial charge in [-0.05, 0) is 52.7 Å². The third-order valence-electron chi connectivity index (χ3n) is 10.1. The van der Waals surface area contributed by atoms with Crippen molar-refractivity contribution in [1.29, 1.82) is 0 Å². The molecule has 2 aliphatic heterocycles. The van der Waals surface area contributed by atoms with Gasteiger partial charge in [-0.15, -0.1) is 0 Å². The molecule has 2 fully saturated rings. The average molecular weight is 794 g/mol. The second-order valence-electron chi connectivity index (χ2n) is 13.4. The molecule has 2 heterocycles. The van der Waals surface area contributed by atoms with Crippen molar-refractivity contribution < 1.29 is 47.9 Å². The number of rotatable bonds is 16. The number of amides is 4. The van der Waals surface area contributed by atoms with E-state index < -0.39 is 35.8 Å². The number of likely N-dealkylation sites (N-methyl/N-ethyl adjacent to an activating group) is 2. The van der Waals surface area contributed by atoms with Crippen LogP contribution in [0.2, 0.25) is 10.0 Å². The summed E-state index contributed by atoms with van der Waals surface area (Å²) in [6.07, 6.45) is 1.33. The molecule has 0 radical (unpaired) electrons. The number of nitrogens with one attached hydrogen (secondary N) is 4. The minimum Gasteiger partial charge on any atom is -0.548 e. The van der Waals surface area contributed by atoms with E-state index in [1.807, 2.05) is 48.5 Å². The lowest BCUT2D eigenvalue weighted by atomic mass is 10.1. The Balaban J connectivity index is 0.000000450. The fraction of sp³-hybridized carbons (Fsp3) is 0.526. The number of nitrogens with zero attached hydrogens (tertiary/aromatic N) is 2. The highest BCUT2D eigenvalue weighted by atomic mass is 35.5. The Morgan fingerprint density at radius 1 is 0.648 bits per heavy atom. The third-order valence-corrected chi connectivity index (χ3v) is 10.9. The van der Waals surface area contributed by atoms with E-state index in [9.17, 15) is 39.0 Å². The van der Waals surface area contributed by atoms with Crippen molar-refractivity contribution in [1.82, 2.24) is 21.3 Å². The Bertz CT molecular complexity index is 1470. The predicted octanol–water partition coefficient (Wildman–Crippen LogP) is 0.669. The summed E-state index contributed by atoms with van der Waals surface area (Å²) < 4.78 is 1.56. The van der Waals surface area contributed by atoms with E-state index in [0.717, 1.165) is 82.5 Å². The van der Waals surface area contributed by atoms with Gasteiger partial charge in [0.2, 0.25) is 11.8 Å². The van der Waals surface area contributed by atoms with Crippen LogP contribution in [0.1, 0.15) is 64.5 Å². The van der Waals surface area contributed by atoms with Gasteiger partial charge in [0.05, 0.1) is 76.4 Å². The minimum absolute atomic E-state index is 0.204. The van der Waals surface area contributed by atoms with Gasteiger partial charge < -0.3 is 50.0 Å². The number of halogens is 2. The zero-order valence-electron chi connectivity index (χ0n) is 31.6. The first-order valence-electron chi connectivity index (χ1n) is 18.4. The van der Waals surface area contributed by atoms with Crippen molar-refractivity contribution in [3.05, 3.63) is 69.7 Å². The molecule has 0 saturated carbocycles. The third kappa shape index (κ3) is 14.9. The van der Waals surface area contributed by atoms with Crippen molar-refractivity contribution in [3.8, 4) is 0 Å². The number of aliphatic carboxylic acids is 2. The molecule has 4 amide bonds. The summed E-state index contributed by atoms with van der Waals surface area (Å²) >= 11 is 12.8. The lowest BCUT2D eigenvalue weighted by Crippen LogP contribution is -2.53. The number of carbonyl (C=O) groups is 6. The number of benzene rings is 2. The van der Waals surface area contributed by atoms with Gasteiger partial charge in [0.1, 0.15) is 13.1 Å². The highest BCUT2D eigenvalue weighted by Gasteiger charge is 2.28. The van der Waals surface area contributed by atoms with Crippen LogP contribution in [0.15, 0.2) is 48.5 Å². The maximum atomic E-state index is 12.5. The molecule has 2 saturated heterocycles. The van der Waals surface area contributed by atoms with E-state index in [1.165, 1.54) is 0 Å². The Labute approximate surface area is 327 Å². The van der Waals surface area contributed by atoms with Gasteiger partial charge in [-0.1, -0.05) is 59.6 Å². The van der Waals surface area contributed by atoms with Crippen LogP contribution in [0.3, 0.4) is 0 Å². The second kappa shape index (κ2) is 22.9. The fourth-order valence-electron chi connectivity index (χ4n) is 6.22. The fourth-order valence-corrected chi connectivity index (χ4v) is 6.61. The van der Waals surface area contributed by atoms with E-state index in [1.54, 1.807) is 0 Å². The molecule has 0 aliphatic carbocycles. The first-order chi connectivity index (χ1) is 25.6. The number of hydrogen-bond acceptors (Lipinski definition) is 8. The molecular weight excluding hydrogens is 739 g/mol. The first kappa shape index (κ1) is 45.9. The Kier molecular flexibility index (Phi) is 19.4. The molecule has 298 valence electrons. The van der Waals surface area contributed by atoms with E-state index in [2.05, 4.69) is 49.0 Å². The number of hydrogen-bond donors (Lipinski definition) is 4. The first-order valence-corrected chi connectivity index (χ1v) is 19.1. The van der Waals surface area contributed by atoms with Gasteiger partial charge >= 0.3 is 11.8 Å². The second-order valence-corrected chi connectivity index (χ2v) is 14.2. The van der Waals surface area contributed by atoms with Crippen LogP contribution in [0, 0.1) is 0 Å². The summed E-state index contributed by atoms with van der Waals surface area (Å²) in [6.45, 7) is 16.1. The molecule has 54 heavy (non-hydrogen) atoms. The lowest BCUT2D eigenvalue weighted by molar-refractivity contribution is -0.936. The molecule has 0 bridgehead atoms. The zero-order valence-corrected chi connectivity index (χ0v) is 33.1. The maximum absolute atomic E-state index is 12.5. The number of carboxylic acids is 2. The van der Waals surface area contributed by atoms with E-state index in [0.29, 0.717) is 38.8 Å². The zero-order chi connectivity index (χ0) is 40.3. The molecule has 2 aromatic carbocycles. The molecule has 2 atom stereocenters. The van der Waals surface area contributed by atoms with Gasteiger partial charge in [0, 0.05) is 34.0 Å². The van der Waals surface area contributed by atoms with Crippen LogP contribution in [0.4, 0.5) is 0 Å². The van der Waals surface area contributed by atoms with Gasteiger partial charge in [0.25, 0.3) is 0 Å². The van der Waals surface area contributed by atoms with Crippen molar-refractivity contribution >= 4 is 58.8 Å². The van der Waals surface area contributed by atoms with Crippen molar-refractivity contribution in [2.45, 2.75) is 78.6 Å². The van der Waals surface area contributed by atoms with Crippen LogP contribution < -0.4 is 31.5 Å². The van der Waals surface area contributed by atoms with Crippen LogP contribution in [0.25, 0.3) is 0 Å². The van der Waals surface area contributed by atoms with E-state index in [-0.39, 0.29) is 11.8 Å². The van der Waals surface area contributed by atoms with E-state index in [4.69, 9.17) is 23.2 Å². The van der Waals surface area contributed by atoms with Gasteiger partial charge in [-0.2, -0.15) is 0 Å². The summed E-state index contributed by atoms with van der Waals surface area (Å²) in [5.41, 5.74) is 2.19. The molecule has 0 aromatic heterocycles. The smallest absolute Gasteiger partial charge is 0.309 e. The monoisotopic (exact) mass is 792 g/mol. The molecule has 2 aromatic rings. The minimum atomic E-state index is -1.19. The van der Waals surface area contributed by atoms with Gasteiger partial charge in [-0.25, -0.2) is 0 Å². The van der Waals surface area contributed by atoms with Crippen LogP contribution in [0.5, 0.6) is 0 Å². The molecule has 4 N–H and O–H groups in total. The molecule has 4 rings (SSSR count). The van der Waals surface area contributed by atoms with Crippen molar-refractivity contribution in [3.63, 3.8) is 0 Å². The lowest BCUT2D eigenvalue weighted by Gasteiger charge is -2.37. The van der Waals surface area contributed by atoms with Gasteiger partial charge in [0.15, 0.2) is 0 Å². The van der Waals surface area contributed by atoms with Crippen LogP contribution >= 0.6 is 23.2 Å². The highest BCUT2D eigenvalue weighted by molar-refractivity contribution is 6.35. The summed E-state index contributed by atoms with van der Waals surface area (Å²) in [5.74, 6) is -3.97. The number of quaternary nitrogens is 2. The Hall–Kier alpha value is -4.24. The highest BCUT2D eigenvalue weighted by Crippen LogP contribution is 2.22. The number of carbonyl (C=O) groups excluding carboxylic acids is 6. The van der Waals surface area contributed by atoms with Gasteiger partial charge in [-0.3, -0.25) is 19.2 Å². The average Bonchev–Trinajstić information content (AvgIpc) is 3.81. The molecule has 0 unspecified atom stereocenters. The standard InChI is InChI=1S/C28H40Cl2N4O2.2C5H7NO3/c1-5-33(6-2,21-23-13-9-11-15-25(23)29)19-17-31-27(35)28(36)32-18-20-34(7-3,8-4)22-24-14-10-12-16-26(24)30;2*7-4-2-1-3(6-4)5(8)9/h9-16H,5-8,17-22H2,1-4H3;2*3H,1-2H2,(H,6,7)(H,8,9)/t;2*3-/m.00/s1.